The van der Waals surface area contributed by atoms with Gasteiger partial charge < -0.3 is 19.4 Å². The predicted octanol–water partition coefficient (Wildman–Crippen LogP) is 7.11. The lowest BCUT2D eigenvalue weighted by Crippen LogP contribution is -2.49. The van der Waals surface area contributed by atoms with Crippen LogP contribution in [0.5, 0.6) is 0 Å². The molecule has 1 N–H and O–H groups in total. The van der Waals surface area contributed by atoms with E-state index in [0.717, 1.165) is 6.04 Å². The summed E-state index contributed by atoms with van der Waals surface area (Å²) in [7, 11) is -1.21. The number of rotatable bonds is 10. The molecule has 0 radical (unpaired) electrons. The zero-order valence-corrected chi connectivity index (χ0v) is 28.1. The van der Waals surface area contributed by atoms with Crippen molar-refractivity contribution in [2.24, 2.45) is 5.11 Å². The highest BCUT2D eigenvalue weighted by Crippen LogP contribution is 2.39. The Balaban J connectivity index is 1.54. The Morgan fingerprint density at radius 3 is 2.72 bits per heavy atom. The Kier molecular flexibility index (Phi) is 9.75. The summed E-state index contributed by atoms with van der Waals surface area (Å²) in [4.78, 5) is 29.8. The lowest BCUT2D eigenvalue weighted by atomic mass is 9.86. The van der Waals surface area contributed by atoms with Crippen molar-refractivity contribution in [1.82, 2.24) is 34.6 Å². The molecule has 0 aliphatic heterocycles. The fraction of sp³-hybridized carbons (Fsp3) is 0.516. The number of carbonyl (C=O) groups excluding carboxylic acids is 1. The van der Waals surface area contributed by atoms with Crippen LogP contribution in [0.25, 0.3) is 44.4 Å². The molecular formula is C31H41FN10O3Si. The van der Waals surface area contributed by atoms with E-state index < -0.39 is 43.7 Å². The van der Waals surface area contributed by atoms with Crippen LogP contribution >= 0.6 is 0 Å². The number of azide groups is 1. The highest BCUT2D eigenvalue weighted by atomic mass is 28.3. The van der Waals surface area contributed by atoms with Crippen LogP contribution in [0, 0.1) is 5.82 Å². The van der Waals surface area contributed by atoms with E-state index in [1.165, 1.54) is 6.07 Å². The number of nitrogens with one attached hydrogen (secondary N) is 1. The number of halogens is 1. The van der Waals surface area contributed by atoms with Gasteiger partial charge in [0, 0.05) is 31.7 Å². The van der Waals surface area contributed by atoms with Gasteiger partial charge in [-0.2, -0.15) is 0 Å². The van der Waals surface area contributed by atoms with E-state index in [1.54, 1.807) is 56.2 Å². The van der Waals surface area contributed by atoms with Crippen LogP contribution in [-0.2, 0) is 16.2 Å². The van der Waals surface area contributed by atoms with Crippen molar-refractivity contribution >= 4 is 25.2 Å². The molecule has 4 aromatic rings. The fourth-order valence-electron chi connectivity index (χ4n) is 5.57. The monoisotopic (exact) mass is 648 g/mol. The molecule has 0 saturated heterocycles. The summed E-state index contributed by atoms with van der Waals surface area (Å²) >= 11 is 0. The summed E-state index contributed by atoms with van der Waals surface area (Å²) < 4.78 is 30.1. The first-order valence-corrected chi connectivity index (χ1v) is 19.2. The Labute approximate surface area is 268 Å². The molecule has 46 heavy (non-hydrogen) atoms. The van der Waals surface area contributed by atoms with E-state index in [2.05, 4.69) is 50.1 Å². The van der Waals surface area contributed by atoms with Crippen molar-refractivity contribution in [3.05, 3.63) is 59.1 Å². The summed E-state index contributed by atoms with van der Waals surface area (Å²) in [6, 6.07) is 7.57. The molecule has 1 aliphatic rings. The number of amides is 1. The topological polar surface area (TPSA) is 158 Å². The van der Waals surface area contributed by atoms with Crippen LogP contribution in [0.1, 0.15) is 46.1 Å². The molecule has 3 heterocycles. The molecule has 0 bridgehead atoms. The minimum Gasteiger partial charge on any atom is -0.444 e. The molecule has 0 unspecified atom stereocenters. The molecular weight excluding hydrogens is 607 g/mol. The normalized spacial score (nSPS) is 18.7. The number of hydrogen-bond donors (Lipinski definition) is 1. The van der Waals surface area contributed by atoms with Gasteiger partial charge in [0.15, 0.2) is 5.82 Å². The molecule has 15 heteroatoms. The minimum atomic E-state index is -1.21. The van der Waals surface area contributed by atoms with Crippen LogP contribution in [0.2, 0.25) is 25.7 Å². The first-order valence-electron chi connectivity index (χ1n) is 15.5. The van der Waals surface area contributed by atoms with E-state index in [9.17, 15) is 10.3 Å². The number of benzene rings is 1. The molecule has 1 amide bonds. The third-order valence-corrected chi connectivity index (χ3v) is 9.42. The number of carbonyl (C=O) groups is 1. The number of aromatic nitrogens is 6. The minimum absolute atomic E-state index is 0.275. The Morgan fingerprint density at radius 2 is 2.00 bits per heavy atom. The largest absolute Gasteiger partial charge is 0.444 e. The molecule has 1 aliphatic carbocycles. The third kappa shape index (κ3) is 7.90. The van der Waals surface area contributed by atoms with Gasteiger partial charge in [-0.3, -0.25) is 4.98 Å². The lowest BCUT2D eigenvalue weighted by molar-refractivity contribution is 0.0476. The van der Waals surface area contributed by atoms with Gasteiger partial charge in [-0.15, -0.1) is 5.10 Å². The molecule has 1 aromatic carbocycles. The Bertz CT molecular complexity index is 1740. The van der Waals surface area contributed by atoms with Gasteiger partial charge in [-0.1, -0.05) is 36.9 Å². The van der Waals surface area contributed by atoms with Gasteiger partial charge in [0.2, 0.25) is 0 Å². The third-order valence-electron chi connectivity index (χ3n) is 7.72. The van der Waals surface area contributed by atoms with Gasteiger partial charge in [0.1, 0.15) is 41.5 Å². The standard InChI is InChI=1S/C31H41FN10O3Si/c1-31(2,3)45-30(43)37-22-12-9-13-25(27(22)38-40-33)42-26-16-23(28-35-18-41(39-28)19-44-14-15-46(4,5)6)34-17-24(26)36-29(42)20-10-7-8-11-21(20)32/h7-8,10-11,16-18,22,25,27H,9,12-15,19H2,1-6H3,(H,37,43)/t22-,25+,27-/m0/s1. The molecule has 13 nitrogen and oxygen atoms in total. The van der Waals surface area contributed by atoms with Gasteiger partial charge >= 0.3 is 6.09 Å². The molecule has 244 valence electrons. The fourth-order valence-corrected chi connectivity index (χ4v) is 6.33. The quantitative estimate of drug-likeness (QED) is 0.0631. The molecule has 3 atom stereocenters. The predicted molar refractivity (Wildman–Crippen MR) is 175 cm³/mol. The SMILES string of the molecule is CC(C)(C)OC(=O)N[C@H]1CCC[C@@H](n2c(-c3ccccc3F)nc3cnc(-c4ncn(COCC[Si](C)(C)C)n4)cc32)[C@H]1N=[N+]=[N-]. The highest BCUT2D eigenvalue weighted by molar-refractivity contribution is 6.76. The number of alkyl carbamates (subject to hydrolysis) is 1. The van der Waals surface area contributed by atoms with Crippen molar-refractivity contribution in [1.29, 1.82) is 0 Å². The van der Waals surface area contributed by atoms with Crippen molar-refractivity contribution < 1.29 is 18.7 Å². The number of fused-ring (bicyclic) bond motifs is 1. The average Bonchev–Trinajstić information content (AvgIpc) is 3.60. The molecule has 1 fully saturated rings. The molecule has 3 aromatic heterocycles. The van der Waals surface area contributed by atoms with Crippen LogP contribution in [0.3, 0.4) is 0 Å². The summed E-state index contributed by atoms with van der Waals surface area (Å²) in [6.45, 7) is 13.2. The summed E-state index contributed by atoms with van der Waals surface area (Å²) in [6.07, 6.45) is 4.50. The summed E-state index contributed by atoms with van der Waals surface area (Å²) in [5.41, 5.74) is 10.9. The van der Waals surface area contributed by atoms with E-state index in [0.29, 0.717) is 59.8 Å². The van der Waals surface area contributed by atoms with E-state index in [-0.39, 0.29) is 6.73 Å². The number of nitrogens with zero attached hydrogens (tertiary/aromatic N) is 9. The van der Waals surface area contributed by atoms with Gasteiger partial charge in [0.25, 0.3) is 0 Å². The lowest BCUT2D eigenvalue weighted by Gasteiger charge is -2.37. The van der Waals surface area contributed by atoms with Crippen LogP contribution in [0.4, 0.5) is 9.18 Å². The van der Waals surface area contributed by atoms with E-state index in [1.807, 2.05) is 10.6 Å². The van der Waals surface area contributed by atoms with Gasteiger partial charge in [-0.25, -0.2) is 23.8 Å². The van der Waals surface area contributed by atoms with Crippen LogP contribution in [0.15, 0.2) is 48.0 Å². The smallest absolute Gasteiger partial charge is 0.407 e. The number of hydrogen-bond acceptors (Lipinski definition) is 8. The maximum Gasteiger partial charge on any atom is 0.407 e. The first kappa shape index (κ1) is 33.0. The number of pyridine rings is 1. The highest BCUT2D eigenvalue weighted by Gasteiger charge is 2.38. The molecule has 5 rings (SSSR count). The Morgan fingerprint density at radius 1 is 1.22 bits per heavy atom. The summed E-state index contributed by atoms with van der Waals surface area (Å²) in [5, 5.41) is 11.6. The second-order valence-electron chi connectivity index (χ2n) is 13.7. The second kappa shape index (κ2) is 13.6. The summed E-state index contributed by atoms with van der Waals surface area (Å²) in [5.74, 6) is 0.319. The van der Waals surface area contributed by atoms with Crippen LogP contribution < -0.4 is 5.32 Å². The molecule has 0 spiro atoms. The average molecular weight is 649 g/mol. The first-order chi connectivity index (χ1) is 21.8. The van der Waals surface area contributed by atoms with E-state index >= 15 is 4.39 Å². The maximum absolute atomic E-state index is 15.3. The van der Waals surface area contributed by atoms with E-state index in [4.69, 9.17) is 14.5 Å². The van der Waals surface area contributed by atoms with Crippen molar-refractivity contribution in [3.63, 3.8) is 0 Å². The Hall–Kier alpha value is -4.33. The zero-order chi connectivity index (χ0) is 33.1. The second-order valence-corrected chi connectivity index (χ2v) is 19.4. The maximum atomic E-state index is 15.3. The number of ether oxygens (including phenoxy) is 2. The van der Waals surface area contributed by atoms with Gasteiger partial charge in [0.05, 0.1) is 23.3 Å². The van der Waals surface area contributed by atoms with Crippen molar-refractivity contribution in [2.45, 2.75) is 96.2 Å². The number of imidazole rings is 1. The van der Waals surface area contributed by atoms with Crippen molar-refractivity contribution in [3.8, 4) is 22.9 Å². The van der Waals surface area contributed by atoms with Crippen LogP contribution in [-0.4, -0.2) is 67.8 Å². The van der Waals surface area contributed by atoms with Gasteiger partial charge in [-0.05, 0) is 69.8 Å². The van der Waals surface area contributed by atoms with Crippen molar-refractivity contribution in [2.75, 3.05) is 6.61 Å². The molecule has 1 saturated carbocycles. The zero-order valence-electron chi connectivity index (χ0n) is 27.1.